The molecule has 0 heterocycles. The van der Waals surface area contributed by atoms with Crippen molar-refractivity contribution < 1.29 is 43.5 Å². The van der Waals surface area contributed by atoms with Crippen LogP contribution in [-0.4, -0.2) is 78.8 Å². The first-order valence-corrected chi connectivity index (χ1v) is 10.8. The summed E-state index contributed by atoms with van der Waals surface area (Å²) in [4.78, 5) is 35.7. The number of esters is 2. The van der Waals surface area contributed by atoms with Crippen molar-refractivity contribution in [2.75, 3.05) is 26.4 Å². The highest BCUT2D eigenvalue weighted by atomic mass is 16.6. The van der Waals surface area contributed by atoms with Crippen LogP contribution >= 0.6 is 0 Å². The lowest BCUT2D eigenvalue weighted by atomic mass is 9.73. The van der Waals surface area contributed by atoms with Gasteiger partial charge in [0.05, 0.1) is 37.6 Å². The number of aliphatic hydroxyl groups excluding tert-OH is 2. The first-order valence-electron chi connectivity index (χ1n) is 10.8. The zero-order valence-corrected chi connectivity index (χ0v) is 17.8. The fourth-order valence-corrected chi connectivity index (χ4v) is 4.24. The summed E-state index contributed by atoms with van der Waals surface area (Å²) in [7, 11) is 0. The summed E-state index contributed by atoms with van der Waals surface area (Å²) in [5.74, 6) is -2.14. The van der Waals surface area contributed by atoms with Gasteiger partial charge in [-0.3, -0.25) is 4.79 Å². The second-order valence-corrected chi connectivity index (χ2v) is 7.85. The second-order valence-electron chi connectivity index (χ2n) is 7.85. The molecule has 2 aliphatic rings. The molecular formula is C21H34O9. The molecule has 0 aromatic carbocycles. The van der Waals surface area contributed by atoms with Crippen LogP contribution in [0.15, 0.2) is 0 Å². The van der Waals surface area contributed by atoms with Crippen LogP contribution in [0.3, 0.4) is 0 Å². The van der Waals surface area contributed by atoms with Crippen LogP contribution in [-0.2, 0) is 33.3 Å². The number of hydrogen-bond donors (Lipinski definition) is 2. The van der Waals surface area contributed by atoms with E-state index in [9.17, 15) is 24.6 Å². The molecule has 6 unspecified atom stereocenters. The maximum Gasteiger partial charge on any atom is 0.332 e. The Labute approximate surface area is 177 Å². The highest BCUT2D eigenvalue weighted by Gasteiger charge is 2.42. The topological polar surface area (TPSA) is 129 Å². The Morgan fingerprint density at radius 1 is 0.733 bits per heavy atom. The summed E-state index contributed by atoms with van der Waals surface area (Å²) >= 11 is 0. The average molecular weight is 430 g/mol. The molecule has 6 atom stereocenters. The average Bonchev–Trinajstić information content (AvgIpc) is 2.71. The highest BCUT2D eigenvalue weighted by Crippen LogP contribution is 2.35. The molecule has 0 aliphatic heterocycles. The fraction of sp³-hybridized carbons (Fsp3) is 0.857. The van der Waals surface area contributed by atoms with Gasteiger partial charge in [0.15, 0.2) is 0 Å². The summed E-state index contributed by atoms with van der Waals surface area (Å²) in [5, 5.41) is 20.9. The van der Waals surface area contributed by atoms with Gasteiger partial charge in [0, 0.05) is 24.7 Å². The van der Waals surface area contributed by atoms with Gasteiger partial charge in [-0.1, -0.05) is 0 Å². The number of ether oxygens (including phenoxy) is 4. The van der Waals surface area contributed by atoms with Gasteiger partial charge in [-0.25, -0.2) is 9.59 Å². The number of Topliss-reactive ketones (excluding diaryl/α,β-unsaturated/α-hetero) is 1. The minimum absolute atomic E-state index is 0.136. The van der Waals surface area contributed by atoms with Crippen LogP contribution in [0.5, 0.6) is 0 Å². The van der Waals surface area contributed by atoms with E-state index in [0.717, 1.165) is 0 Å². The smallest absolute Gasteiger partial charge is 0.332 e. The lowest BCUT2D eigenvalue weighted by Crippen LogP contribution is -2.45. The largest absolute Gasteiger partial charge is 0.464 e. The molecule has 2 saturated carbocycles. The van der Waals surface area contributed by atoms with Gasteiger partial charge in [0.2, 0.25) is 0 Å². The number of hydrogen-bond acceptors (Lipinski definition) is 9. The molecular weight excluding hydrogens is 396 g/mol. The molecule has 0 aromatic heterocycles. The molecule has 2 rings (SSSR count). The van der Waals surface area contributed by atoms with Crippen LogP contribution in [0.2, 0.25) is 0 Å². The Morgan fingerprint density at radius 2 is 1.13 bits per heavy atom. The van der Waals surface area contributed by atoms with E-state index >= 15 is 0 Å². The van der Waals surface area contributed by atoms with Crippen molar-refractivity contribution in [2.24, 2.45) is 11.8 Å². The summed E-state index contributed by atoms with van der Waals surface area (Å²) in [6, 6.07) is 0. The number of aliphatic hydroxyl groups is 2. The highest BCUT2D eigenvalue weighted by molar-refractivity contribution is 5.84. The van der Waals surface area contributed by atoms with Crippen LogP contribution in [0.25, 0.3) is 0 Å². The maximum atomic E-state index is 12.9. The van der Waals surface area contributed by atoms with Crippen molar-refractivity contribution >= 4 is 17.7 Å². The standard InChI is InChI=1S/C21H34O9/c1-3-27-19(24)11-29-13-5-7-15(17(22)9-13)21(26)16-8-6-14(10-18(16)23)30-12-20(25)28-4-2/h13-18,22-23H,3-12H2,1-2H3. The van der Waals surface area contributed by atoms with Crippen LogP contribution in [0.4, 0.5) is 0 Å². The molecule has 9 heteroatoms. The van der Waals surface area contributed by atoms with Crippen molar-refractivity contribution in [1.29, 1.82) is 0 Å². The lowest BCUT2D eigenvalue weighted by Gasteiger charge is -2.37. The predicted molar refractivity (Wildman–Crippen MR) is 104 cm³/mol. The quantitative estimate of drug-likeness (QED) is 0.483. The molecule has 0 saturated heterocycles. The van der Waals surface area contributed by atoms with Gasteiger partial charge in [-0.2, -0.15) is 0 Å². The van der Waals surface area contributed by atoms with Crippen LogP contribution < -0.4 is 0 Å². The predicted octanol–water partition coefficient (Wildman–Crippen LogP) is 0.774. The van der Waals surface area contributed by atoms with E-state index in [1.165, 1.54) is 0 Å². The van der Waals surface area contributed by atoms with Gasteiger partial charge in [-0.05, 0) is 39.5 Å². The fourth-order valence-electron chi connectivity index (χ4n) is 4.24. The molecule has 2 fully saturated rings. The Morgan fingerprint density at radius 3 is 1.47 bits per heavy atom. The lowest BCUT2D eigenvalue weighted by molar-refractivity contribution is -0.156. The molecule has 0 radical (unpaired) electrons. The van der Waals surface area contributed by atoms with Gasteiger partial charge in [-0.15, -0.1) is 0 Å². The molecule has 2 N–H and O–H groups in total. The maximum absolute atomic E-state index is 12.9. The molecule has 172 valence electrons. The Kier molecular flexibility index (Phi) is 10.2. The number of rotatable bonds is 10. The molecule has 0 amide bonds. The van der Waals surface area contributed by atoms with Crippen molar-refractivity contribution in [1.82, 2.24) is 0 Å². The Balaban J connectivity index is 1.77. The van der Waals surface area contributed by atoms with Crippen LogP contribution in [0.1, 0.15) is 52.4 Å². The third-order valence-corrected chi connectivity index (χ3v) is 5.75. The number of carbonyl (C=O) groups is 3. The molecule has 9 nitrogen and oxygen atoms in total. The number of ketones is 1. The zero-order valence-electron chi connectivity index (χ0n) is 17.8. The minimum Gasteiger partial charge on any atom is -0.464 e. The molecule has 0 spiro atoms. The van der Waals surface area contributed by atoms with Gasteiger partial charge in [0.25, 0.3) is 0 Å². The van der Waals surface area contributed by atoms with E-state index in [4.69, 9.17) is 18.9 Å². The number of carbonyl (C=O) groups excluding carboxylic acids is 3. The van der Waals surface area contributed by atoms with Gasteiger partial charge >= 0.3 is 11.9 Å². The van der Waals surface area contributed by atoms with E-state index < -0.39 is 36.0 Å². The van der Waals surface area contributed by atoms with Gasteiger partial charge in [0.1, 0.15) is 19.0 Å². The SMILES string of the molecule is CCOC(=O)COC1CCC(C(=O)C2CCC(OCC(=O)OCC)CC2O)C(O)C1. The minimum atomic E-state index is -0.872. The summed E-state index contributed by atoms with van der Waals surface area (Å²) in [6.45, 7) is 3.66. The molecule has 0 aromatic rings. The monoisotopic (exact) mass is 430 g/mol. The van der Waals surface area contributed by atoms with E-state index in [1.807, 2.05) is 0 Å². The van der Waals surface area contributed by atoms with Crippen molar-refractivity contribution in [3.63, 3.8) is 0 Å². The molecule has 30 heavy (non-hydrogen) atoms. The third-order valence-electron chi connectivity index (χ3n) is 5.75. The summed E-state index contributed by atoms with van der Waals surface area (Å²) < 4.78 is 20.6. The first kappa shape index (κ1) is 24.7. The van der Waals surface area contributed by atoms with E-state index in [0.29, 0.717) is 25.7 Å². The van der Waals surface area contributed by atoms with Crippen molar-refractivity contribution in [3.8, 4) is 0 Å². The third kappa shape index (κ3) is 7.30. The normalized spacial score (nSPS) is 31.7. The Bertz CT molecular complexity index is 531. The Hall–Kier alpha value is -1.55. The molecule has 2 aliphatic carbocycles. The van der Waals surface area contributed by atoms with E-state index in [2.05, 4.69) is 0 Å². The molecule has 0 bridgehead atoms. The summed E-state index contributed by atoms with van der Waals surface area (Å²) in [6.07, 6.45) is 0.192. The van der Waals surface area contributed by atoms with Crippen LogP contribution in [0, 0.1) is 11.8 Å². The van der Waals surface area contributed by atoms with Gasteiger partial charge < -0.3 is 29.2 Å². The van der Waals surface area contributed by atoms with E-state index in [1.54, 1.807) is 13.8 Å². The first-order chi connectivity index (χ1) is 14.3. The van der Waals surface area contributed by atoms with Crippen molar-refractivity contribution in [2.45, 2.75) is 76.8 Å². The second kappa shape index (κ2) is 12.3. The zero-order chi connectivity index (χ0) is 22.1. The van der Waals surface area contributed by atoms with Crippen molar-refractivity contribution in [3.05, 3.63) is 0 Å². The van der Waals surface area contributed by atoms with E-state index in [-0.39, 0.29) is 57.3 Å². The summed E-state index contributed by atoms with van der Waals surface area (Å²) in [5.41, 5.74) is 0.